The minimum Gasteiger partial charge on any atom is -0.294 e. The lowest BCUT2D eigenvalue weighted by Crippen LogP contribution is -1.79. The van der Waals surface area contributed by atoms with Gasteiger partial charge in [-0.2, -0.15) is 0 Å². The van der Waals surface area contributed by atoms with Crippen LogP contribution < -0.4 is 0 Å². The Morgan fingerprint density at radius 3 is 2.80 bits per heavy atom. The molecule has 1 nitrogen and oxygen atoms in total. The zero-order chi connectivity index (χ0) is 7.23. The topological polar surface area (TPSA) is 12.4 Å². The molecule has 0 aromatic carbocycles. The van der Waals surface area contributed by atoms with Crippen molar-refractivity contribution >= 4 is 6.21 Å². The van der Waals surface area contributed by atoms with Gasteiger partial charge in [-0.05, 0) is 31.9 Å². The smallest absolute Gasteiger partial charge is 0.0497 e. The van der Waals surface area contributed by atoms with Crippen molar-refractivity contribution in [1.82, 2.24) is 0 Å². The Bertz CT molecular complexity index is 103. The van der Waals surface area contributed by atoms with Crippen LogP contribution in [0.15, 0.2) is 4.99 Å². The summed E-state index contributed by atoms with van der Waals surface area (Å²) in [5.41, 5.74) is 0. The van der Waals surface area contributed by atoms with Crippen molar-refractivity contribution in [1.29, 1.82) is 0 Å². The van der Waals surface area contributed by atoms with Crippen LogP contribution in [0.5, 0.6) is 0 Å². The minimum atomic E-state index is 0.724. The summed E-state index contributed by atoms with van der Waals surface area (Å²) in [7, 11) is 0. The van der Waals surface area contributed by atoms with Crippen LogP contribution in [0.4, 0.5) is 0 Å². The van der Waals surface area contributed by atoms with Crippen LogP contribution in [0.3, 0.4) is 0 Å². The van der Waals surface area contributed by atoms with Gasteiger partial charge >= 0.3 is 0 Å². The maximum atomic E-state index is 4.38. The number of aliphatic imine (C=N–C) groups is 1. The molecule has 0 bridgehead atoms. The average Bonchev–Trinajstić information content (AvgIpc) is 2.71. The van der Waals surface area contributed by atoms with Gasteiger partial charge in [-0.3, -0.25) is 4.99 Å². The molecule has 0 saturated heterocycles. The Morgan fingerprint density at radius 2 is 2.20 bits per heavy atom. The molecular weight excluding hydrogens is 122 g/mol. The van der Waals surface area contributed by atoms with E-state index in [2.05, 4.69) is 18.1 Å². The van der Waals surface area contributed by atoms with E-state index in [4.69, 9.17) is 0 Å². The zero-order valence-electron chi connectivity index (χ0n) is 6.84. The van der Waals surface area contributed by atoms with Gasteiger partial charge in [0.1, 0.15) is 0 Å². The summed E-state index contributed by atoms with van der Waals surface area (Å²) >= 11 is 0. The second-order valence-corrected chi connectivity index (χ2v) is 3.06. The fourth-order valence-corrected chi connectivity index (χ4v) is 0.933. The highest BCUT2D eigenvalue weighted by Gasteiger charge is 2.18. The van der Waals surface area contributed by atoms with Gasteiger partial charge in [0.2, 0.25) is 0 Å². The molecule has 1 fully saturated rings. The second-order valence-electron chi connectivity index (χ2n) is 3.06. The van der Waals surface area contributed by atoms with Crippen LogP contribution in [0.25, 0.3) is 0 Å². The predicted molar refractivity (Wildman–Crippen MR) is 45.7 cm³/mol. The Labute approximate surface area is 63.5 Å². The van der Waals surface area contributed by atoms with E-state index in [1.807, 2.05) is 0 Å². The van der Waals surface area contributed by atoms with E-state index < -0.39 is 0 Å². The predicted octanol–water partition coefficient (Wildman–Crippen LogP) is 2.80. The van der Waals surface area contributed by atoms with Crippen LogP contribution in [0.2, 0.25) is 0 Å². The standard InChI is InChI=1S/C9H17N/c1-2-3-4-5-8-10-9-6-7-9/h8-9H,2-7H2,1H3/b10-8+. The lowest BCUT2D eigenvalue weighted by atomic mass is 10.2. The molecule has 58 valence electrons. The van der Waals surface area contributed by atoms with Gasteiger partial charge in [-0.1, -0.05) is 19.8 Å². The molecule has 1 rings (SSSR count). The van der Waals surface area contributed by atoms with E-state index in [-0.39, 0.29) is 0 Å². The van der Waals surface area contributed by atoms with Crippen LogP contribution in [0, 0.1) is 0 Å². The molecule has 1 aliphatic rings. The van der Waals surface area contributed by atoms with Gasteiger partial charge in [-0.15, -0.1) is 0 Å². The summed E-state index contributed by atoms with van der Waals surface area (Å²) < 4.78 is 0. The van der Waals surface area contributed by atoms with Gasteiger partial charge in [0.25, 0.3) is 0 Å². The third-order valence-electron chi connectivity index (χ3n) is 1.80. The molecule has 1 heteroatoms. The first-order chi connectivity index (χ1) is 4.93. The van der Waals surface area contributed by atoms with Crippen molar-refractivity contribution in [3.63, 3.8) is 0 Å². The van der Waals surface area contributed by atoms with Gasteiger partial charge in [0.15, 0.2) is 0 Å². The van der Waals surface area contributed by atoms with Crippen molar-refractivity contribution in [2.24, 2.45) is 4.99 Å². The summed E-state index contributed by atoms with van der Waals surface area (Å²) in [5.74, 6) is 0. The van der Waals surface area contributed by atoms with Crippen LogP contribution >= 0.6 is 0 Å². The summed E-state index contributed by atoms with van der Waals surface area (Å²) in [6.07, 6.45) is 9.99. The molecule has 0 aliphatic heterocycles. The lowest BCUT2D eigenvalue weighted by Gasteiger charge is -1.90. The van der Waals surface area contributed by atoms with Crippen LogP contribution in [0.1, 0.15) is 45.4 Å². The molecule has 1 saturated carbocycles. The van der Waals surface area contributed by atoms with E-state index >= 15 is 0 Å². The van der Waals surface area contributed by atoms with Gasteiger partial charge in [-0.25, -0.2) is 0 Å². The third kappa shape index (κ3) is 3.65. The van der Waals surface area contributed by atoms with E-state index in [1.165, 1.54) is 38.5 Å². The Morgan fingerprint density at radius 1 is 1.40 bits per heavy atom. The molecule has 0 spiro atoms. The number of hydrogen-bond donors (Lipinski definition) is 0. The fourth-order valence-electron chi connectivity index (χ4n) is 0.933. The quantitative estimate of drug-likeness (QED) is 0.410. The molecule has 0 unspecified atom stereocenters. The normalized spacial score (nSPS) is 18.5. The highest BCUT2D eigenvalue weighted by Crippen LogP contribution is 2.22. The SMILES string of the molecule is CCCCC/C=N/C1CC1. The summed E-state index contributed by atoms with van der Waals surface area (Å²) in [5, 5.41) is 0. The molecule has 0 heterocycles. The number of unbranched alkanes of at least 4 members (excludes halogenated alkanes) is 3. The number of nitrogens with zero attached hydrogens (tertiary/aromatic N) is 1. The maximum Gasteiger partial charge on any atom is 0.0497 e. The zero-order valence-corrected chi connectivity index (χ0v) is 6.84. The lowest BCUT2D eigenvalue weighted by molar-refractivity contribution is 0.745. The molecule has 0 N–H and O–H groups in total. The average molecular weight is 139 g/mol. The second kappa shape index (κ2) is 4.48. The van der Waals surface area contributed by atoms with Gasteiger partial charge in [0, 0.05) is 6.04 Å². The Balaban J connectivity index is 1.83. The first-order valence-electron chi connectivity index (χ1n) is 4.45. The van der Waals surface area contributed by atoms with Crippen LogP contribution in [-0.4, -0.2) is 12.3 Å². The van der Waals surface area contributed by atoms with Crippen molar-refractivity contribution in [3.8, 4) is 0 Å². The Kier molecular flexibility index (Phi) is 3.48. The largest absolute Gasteiger partial charge is 0.294 e. The minimum absolute atomic E-state index is 0.724. The van der Waals surface area contributed by atoms with E-state index in [0.717, 1.165) is 6.04 Å². The number of rotatable bonds is 5. The third-order valence-corrected chi connectivity index (χ3v) is 1.80. The first kappa shape index (κ1) is 7.77. The highest BCUT2D eigenvalue weighted by atomic mass is 14.8. The van der Waals surface area contributed by atoms with E-state index in [1.54, 1.807) is 0 Å². The summed E-state index contributed by atoms with van der Waals surface area (Å²) in [6.45, 7) is 2.23. The molecule has 10 heavy (non-hydrogen) atoms. The van der Waals surface area contributed by atoms with E-state index in [9.17, 15) is 0 Å². The monoisotopic (exact) mass is 139 g/mol. The molecule has 0 atom stereocenters. The fraction of sp³-hybridized carbons (Fsp3) is 0.889. The van der Waals surface area contributed by atoms with Crippen molar-refractivity contribution in [2.75, 3.05) is 0 Å². The van der Waals surface area contributed by atoms with Crippen molar-refractivity contribution in [2.45, 2.75) is 51.5 Å². The van der Waals surface area contributed by atoms with Crippen molar-refractivity contribution in [3.05, 3.63) is 0 Å². The molecule has 1 aliphatic carbocycles. The molecule has 0 amide bonds. The highest BCUT2D eigenvalue weighted by molar-refractivity contribution is 5.57. The van der Waals surface area contributed by atoms with Gasteiger partial charge in [0.05, 0.1) is 0 Å². The Hall–Kier alpha value is -0.330. The van der Waals surface area contributed by atoms with E-state index in [0.29, 0.717) is 0 Å². The molecule has 0 aromatic heterocycles. The van der Waals surface area contributed by atoms with Gasteiger partial charge < -0.3 is 0 Å². The molecular formula is C9H17N. The van der Waals surface area contributed by atoms with Crippen LogP contribution in [-0.2, 0) is 0 Å². The summed E-state index contributed by atoms with van der Waals surface area (Å²) in [6, 6.07) is 0.724. The first-order valence-corrected chi connectivity index (χ1v) is 4.45. The summed E-state index contributed by atoms with van der Waals surface area (Å²) in [4.78, 5) is 4.38. The maximum absolute atomic E-state index is 4.38. The molecule has 0 aromatic rings. The molecule has 0 radical (unpaired) electrons. The number of hydrogen-bond acceptors (Lipinski definition) is 1. The van der Waals surface area contributed by atoms with Crippen molar-refractivity contribution < 1.29 is 0 Å².